The van der Waals surface area contributed by atoms with Gasteiger partial charge in [-0.3, -0.25) is 4.79 Å². The Kier molecular flexibility index (Phi) is 5.82. The van der Waals surface area contributed by atoms with Gasteiger partial charge in [0.25, 0.3) is 5.91 Å². The van der Waals surface area contributed by atoms with Crippen LogP contribution < -0.4 is 10.5 Å². The van der Waals surface area contributed by atoms with Crippen LogP contribution in [0.1, 0.15) is 29.8 Å². The molecule has 1 amide bonds. The molecule has 0 saturated heterocycles. The van der Waals surface area contributed by atoms with Crippen molar-refractivity contribution in [2.24, 2.45) is 5.14 Å². The molecule has 118 valence electrons. The van der Waals surface area contributed by atoms with Gasteiger partial charge in [-0.2, -0.15) is 0 Å². The molecule has 8 heteroatoms. The number of nitrogens with one attached hydrogen (secondary N) is 1. The number of halogens is 1. The molecule has 0 radical (unpaired) electrons. The molecule has 1 rings (SSSR count). The summed E-state index contributed by atoms with van der Waals surface area (Å²) in [7, 11) is -4.01. The van der Waals surface area contributed by atoms with Crippen LogP contribution in [-0.2, 0) is 14.8 Å². The Labute approximate surface area is 123 Å². The molecular formula is C13H19FN2O4S. The van der Waals surface area contributed by atoms with E-state index in [1.165, 1.54) is 6.92 Å². The van der Waals surface area contributed by atoms with Gasteiger partial charge in [0, 0.05) is 12.6 Å². The lowest BCUT2D eigenvalue weighted by atomic mass is 10.1. The van der Waals surface area contributed by atoms with E-state index in [4.69, 9.17) is 9.88 Å². The number of benzene rings is 1. The van der Waals surface area contributed by atoms with Gasteiger partial charge >= 0.3 is 0 Å². The van der Waals surface area contributed by atoms with Crippen molar-refractivity contribution < 1.29 is 22.3 Å². The van der Waals surface area contributed by atoms with E-state index in [2.05, 4.69) is 5.32 Å². The van der Waals surface area contributed by atoms with Gasteiger partial charge in [-0.25, -0.2) is 17.9 Å². The molecule has 0 aliphatic carbocycles. The molecule has 6 nitrogen and oxygen atoms in total. The number of nitrogens with two attached hydrogens (primary N) is 1. The Balaban J connectivity index is 3.06. The number of ether oxygens (including phenoxy) is 1. The summed E-state index contributed by atoms with van der Waals surface area (Å²) in [6, 6.07) is 1.68. The molecule has 1 aromatic rings. The van der Waals surface area contributed by atoms with E-state index in [-0.39, 0.29) is 28.7 Å². The van der Waals surface area contributed by atoms with Gasteiger partial charge < -0.3 is 10.1 Å². The molecule has 21 heavy (non-hydrogen) atoms. The zero-order valence-corrected chi connectivity index (χ0v) is 13.0. The van der Waals surface area contributed by atoms with Gasteiger partial charge in [0.2, 0.25) is 10.0 Å². The van der Waals surface area contributed by atoms with Gasteiger partial charge in [0.15, 0.2) is 0 Å². The predicted octanol–water partition coefficient (Wildman–Crippen LogP) is 0.936. The molecule has 1 aromatic carbocycles. The third-order valence-electron chi connectivity index (χ3n) is 2.75. The van der Waals surface area contributed by atoms with Crippen molar-refractivity contribution in [3.8, 4) is 0 Å². The smallest absolute Gasteiger partial charge is 0.254 e. The average Bonchev–Trinajstić information content (AvgIpc) is 2.37. The molecule has 0 fully saturated rings. The molecule has 0 spiro atoms. The van der Waals surface area contributed by atoms with E-state index >= 15 is 0 Å². The fraction of sp³-hybridized carbons (Fsp3) is 0.462. The number of rotatable bonds is 6. The number of primary sulfonamides is 1. The summed E-state index contributed by atoms with van der Waals surface area (Å²) in [5.41, 5.74) is -0.327. The zero-order valence-electron chi connectivity index (χ0n) is 12.1. The maximum atomic E-state index is 14.0. The van der Waals surface area contributed by atoms with Crippen LogP contribution in [0.4, 0.5) is 4.39 Å². The number of sulfonamides is 1. The van der Waals surface area contributed by atoms with Crippen molar-refractivity contribution in [1.29, 1.82) is 0 Å². The van der Waals surface area contributed by atoms with Crippen molar-refractivity contribution in [2.75, 3.05) is 13.2 Å². The van der Waals surface area contributed by atoms with Gasteiger partial charge in [-0.05, 0) is 38.5 Å². The number of hydrogen-bond acceptors (Lipinski definition) is 4. The molecule has 1 atom stereocenters. The number of carbonyl (C=O) groups excluding carboxylic acids is 1. The second-order valence-electron chi connectivity index (χ2n) is 4.68. The Hall–Kier alpha value is -1.51. The highest BCUT2D eigenvalue weighted by molar-refractivity contribution is 7.89. The lowest BCUT2D eigenvalue weighted by Gasteiger charge is -2.15. The Morgan fingerprint density at radius 2 is 2.10 bits per heavy atom. The molecule has 1 unspecified atom stereocenters. The largest absolute Gasteiger partial charge is 0.380 e. The van der Waals surface area contributed by atoms with Crippen LogP contribution in [0.5, 0.6) is 0 Å². The normalized spacial score (nSPS) is 13.0. The van der Waals surface area contributed by atoms with Crippen molar-refractivity contribution >= 4 is 15.9 Å². The highest BCUT2D eigenvalue weighted by Crippen LogP contribution is 2.18. The average molecular weight is 318 g/mol. The molecule has 0 aliphatic rings. The van der Waals surface area contributed by atoms with Crippen LogP contribution in [-0.4, -0.2) is 33.6 Å². The summed E-state index contributed by atoms with van der Waals surface area (Å²) >= 11 is 0. The first-order chi connectivity index (χ1) is 9.66. The first-order valence-electron chi connectivity index (χ1n) is 6.38. The molecular weight excluding hydrogens is 299 g/mol. The molecule has 0 aromatic heterocycles. The fourth-order valence-corrected chi connectivity index (χ4v) is 2.33. The SMILES string of the molecule is CCOCC(C)NC(=O)c1cc(S(N)(=O)=O)cc(C)c1F. The minimum Gasteiger partial charge on any atom is -0.380 e. The first-order valence-corrected chi connectivity index (χ1v) is 7.93. The minimum absolute atomic E-state index is 0.0316. The van der Waals surface area contributed by atoms with E-state index in [0.29, 0.717) is 6.61 Å². The van der Waals surface area contributed by atoms with Crippen LogP contribution in [0.2, 0.25) is 0 Å². The Bertz CT molecular complexity index is 631. The van der Waals surface area contributed by atoms with Crippen molar-refractivity contribution in [2.45, 2.75) is 31.7 Å². The number of amides is 1. The second-order valence-corrected chi connectivity index (χ2v) is 6.24. The second kappa shape index (κ2) is 6.97. The molecule has 3 N–H and O–H groups in total. The van der Waals surface area contributed by atoms with E-state index in [0.717, 1.165) is 12.1 Å². The zero-order chi connectivity index (χ0) is 16.2. The molecule has 0 heterocycles. The van der Waals surface area contributed by atoms with E-state index in [1.807, 2.05) is 6.92 Å². The van der Waals surface area contributed by atoms with Crippen molar-refractivity contribution in [3.05, 3.63) is 29.1 Å². The summed E-state index contributed by atoms with van der Waals surface area (Å²) in [5.74, 6) is -1.49. The minimum atomic E-state index is -4.01. The van der Waals surface area contributed by atoms with E-state index < -0.39 is 21.7 Å². The summed E-state index contributed by atoms with van der Waals surface area (Å²) in [5, 5.41) is 7.55. The lowest BCUT2D eigenvalue weighted by Crippen LogP contribution is -2.36. The lowest BCUT2D eigenvalue weighted by molar-refractivity contribution is 0.0868. The summed E-state index contributed by atoms with van der Waals surface area (Å²) in [6.07, 6.45) is 0. The van der Waals surface area contributed by atoms with E-state index in [1.54, 1.807) is 6.92 Å². The maximum Gasteiger partial charge on any atom is 0.254 e. The Morgan fingerprint density at radius 3 is 2.62 bits per heavy atom. The third-order valence-corrected chi connectivity index (χ3v) is 3.64. The Morgan fingerprint density at radius 1 is 1.48 bits per heavy atom. The quantitative estimate of drug-likeness (QED) is 0.815. The number of carbonyl (C=O) groups is 1. The topological polar surface area (TPSA) is 98.5 Å². The highest BCUT2D eigenvalue weighted by atomic mass is 32.2. The molecule has 0 saturated carbocycles. The predicted molar refractivity (Wildman–Crippen MR) is 75.9 cm³/mol. The van der Waals surface area contributed by atoms with Crippen molar-refractivity contribution in [3.63, 3.8) is 0 Å². The van der Waals surface area contributed by atoms with Crippen LogP contribution in [0.25, 0.3) is 0 Å². The van der Waals surface area contributed by atoms with Crippen LogP contribution in [0.15, 0.2) is 17.0 Å². The van der Waals surface area contributed by atoms with Gasteiger partial charge in [0.05, 0.1) is 17.1 Å². The highest BCUT2D eigenvalue weighted by Gasteiger charge is 2.20. The summed E-state index contributed by atoms with van der Waals surface area (Å²) in [6.45, 7) is 5.64. The van der Waals surface area contributed by atoms with Crippen LogP contribution >= 0.6 is 0 Å². The molecule has 0 aliphatic heterocycles. The first kappa shape index (κ1) is 17.5. The number of hydrogen-bond donors (Lipinski definition) is 2. The summed E-state index contributed by atoms with van der Waals surface area (Å²) in [4.78, 5) is 11.7. The van der Waals surface area contributed by atoms with Crippen LogP contribution in [0, 0.1) is 12.7 Å². The van der Waals surface area contributed by atoms with E-state index in [9.17, 15) is 17.6 Å². The fourth-order valence-electron chi connectivity index (χ4n) is 1.70. The summed E-state index contributed by atoms with van der Waals surface area (Å²) < 4.78 is 41.8. The van der Waals surface area contributed by atoms with Crippen LogP contribution in [0.3, 0.4) is 0 Å². The monoisotopic (exact) mass is 318 g/mol. The van der Waals surface area contributed by atoms with Crippen molar-refractivity contribution in [1.82, 2.24) is 5.32 Å². The molecule has 0 bridgehead atoms. The maximum absolute atomic E-state index is 14.0. The third kappa shape index (κ3) is 4.76. The number of aryl methyl sites for hydroxylation is 1. The van der Waals surface area contributed by atoms with Gasteiger partial charge in [0.1, 0.15) is 5.82 Å². The standard InChI is InChI=1S/C13H19FN2O4S/c1-4-20-7-9(3)16-13(17)11-6-10(21(15,18)19)5-8(2)12(11)14/h5-6,9H,4,7H2,1-3H3,(H,16,17)(H2,15,18,19). The van der Waals surface area contributed by atoms with Gasteiger partial charge in [-0.15, -0.1) is 0 Å². The van der Waals surface area contributed by atoms with Gasteiger partial charge in [-0.1, -0.05) is 0 Å².